The molecule has 0 spiro atoms. The molecule has 1 aromatic carbocycles. The molecular weight excluding hydrogens is 360 g/mol. The largest absolute Gasteiger partial charge is 0.454 e. The number of carbonyl (C=O) groups excluding carboxylic acids is 4. The standard InChI is InChI=1S/C21H26N2O5/c1-12-8-13(2)10-15(9-12)22-18(24)11-28-21(27)14(3)23-19(25)16-6-4-5-7-17(16)20(23)26/h8-10,14,16-17H,4-7,11H2,1-3H3,(H,22,24)/t14-,16?,17?/m0/s1. The minimum absolute atomic E-state index is 0.293. The Bertz CT molecular complexity index is 775. The number of hydrogen-bond acceptors (Lipinski definition) is 5. The molecule has 1 aliphatic heterocycles. The number of rotatable bonds is 5. The third-order valence-electron chi connectivity index (χ3n) is 5.45. The molecule has 1 aromatic rings. The van der Waals surface area contributed by atoms with Gasteiger partial charge in [-0.15, -0.1) is 0 Å². The van der Waals surface area contributed by atoms with Crippen molar-refractivity contribution in [3.8, 4) is 0 Å². The zero-order chi connectivity index (χ0) is 20.4. The summed E-state index contributed by atoms with van der Waals surface area (Å²) in [6, 6.07) is 4.59. The zero-order valence-corrected chi connectivity index (χ0v) is 16.5. The number of benzene rings is 1. The lowest BCUT2D eigenvalue weighted by atomic mass is 9.81. The number of carbonyl (C=O) groups is 4. The molecule has 3 atom stereocenters. The van der Waals surface area contributed by atoms with E-state index in [0.717, 1.165) is 28.9 Å². The smallest absolute Gasteiger partial charge is 0.329 e. The summed E-state index contributed by atoms with van der Waals surface area (Å²) in [7, 11) is 0. The lowest BCUT2D eigenvalue weighted by Crippen LogP contribution is -2.45. The normalized spacial score (nSPS) is 22.6. The van der Waals surface area contributed by atoms with Crippen LogP contribution in [-0.4, -0.2) is 41.2 Å². The van der Waals surface area contributed by atoms with Crippen LogP contribution >= 0.6 is 0 Å². The first kappa shape index (κ1) is 20.0. The van der Waals surface area contributed by atoms with Crippen molar-refractivity contribution in [3.63, 3.8) is 0 Å². The highest BCUT2D eigenvalue weighted by molar-refractivity contribution is 6.08. The number of esters is 1. The van der Waals surface area contributed by atoms with Crippen LogP contribution in [0.1, 0.15) is 43.7 Å². The third-order valence-corrected chi connectivity index (χ3v) is 5.45. The summed E-state index contributed by atoms with van der Waals surface area (Å²) in [6.07, 6.45) is 3.22. The molecule has 0 bridgehead atoms. The Hall–Kier alpha value is -2.70. The van der Waals surface area contributed by atoms with Crippen LogP contribution in [0.25, 0.3) is 0 Å². The number of hydrogen-bond donors (Lipinski definition) is 1. The number of imide groups is 1. The molecule has 7 nitrogen and oxygen atoms in total. The predicted molar refractivity (Wildman–Crippen MR) is 102 cm³/mol. The summed E-state index contributed by atoms with van der Waals surface area (Å²) in [5, 5.41) is 2.68. The number of nitrogens with one attached hydrogen (secondary N) is 1. The van der Waals surface area contributed by atoms with Gasteiger partial charge in [-0.3, -0.25) is 19.3 Å². The molecule has 150 valence electrons. The molecule has 1 N–H and O–H groups in total. The summed E-state index contributed by atoms with van der Waals surface area (Å²) in [5.74, 6) is -2.44. The van der Waals surface area contributed by atoms with Gasteiger partial charge in [0.1, 0.15) is 6.04 Å². The van der Waals surface area contributed by atoms with E-state index in [-0.39, 0.29) is 23.7 Å². The minimum atomic E-state index is -1.03. The van der Waals surface area contributed by atoms with Crippen LogP contribution in [0.3, 0.4) is 0 Å². The predicted octanol–water partition coefficient (Wildman–Crippen LogP) is 2.35. The highest BCUT2D eigenvalue weighted by Gasteiger charge is 2.51. The Morgan fingerprint density at radius 2 is 1.61 bits per heavy atom. The maximum Gasteiger partial charge on any atom is 0.329 e. The fraction of sp³-hybridized carbons (Fsp3) is 0.524. The lowest BCUT2D eigenvalue weighted by molar-refractivity contribution is -0.159. The first-order valence-electron chi connectivity index (χ1n) is 9.69. The van der Waals surface area contributed by atoms with Crippen molar-refractivity contribution >= 4 is 29.4 Å². The number of fused-ring (bicyclic) bond motifs is 1. The van der Waals surface area contributed by atoms with Gasteiger partial charge >= 0.3 is 5.97 Å². The Labute approximate surface area is 164 Å². The molecule has 2 unspecified atom stereocenters. The topological polar surface area (TPSA) is 92.8 Å². The summed E-state index contributed by atoms with van der Waals surface area (Å²) in [4.78, 5) is 50.6. The molecule has 2 aliphatic rings. The van der Waals surface area contributed by atoms with Crippen molar-refractivity contribution in [2.45, 2.75) is 52.5 Å². The molecular formula is C21H26N2O5. The maximum absolute atomic E-state index is 12.6. The molecule has 1 aliphatic carbocycles. The van der Waals surface area contributed by atoms with E-state index < -0.39 is 24.5 Å². The number of likely N-dealkylation sites (tertiary alicyclic amines) is 1. The van der Waals surface area contributed by atoms with Crippen molar-refractivity contribution in [3.05, 3.63) is 29.3 Å². The van der Waals surface area contributed by atoms with Crippen LogP contribution in [-0.2, 0) is 23.9 Å². The van der Waals surface area contributed by atoms with Gasteiger partial charge in [-0.05, 0) is 56.9 Å². The van der Waals surface area contributed by atoms with Crippen molar-refractivity contribution in [1.82, 2.24) is 4.90 Å². The quantitative estimate of drug-likeness (QED) is 0.619. The van der Waals surface area contributed by atoms with Crippen molar-refractivity contribution < 1.29 is 23.9 Å². The van der Waals surface area contributed by atoms with Crippen LogP contribution in [0.5, 0.6) is 0 Å². The molecule has 1 saturated heterocycles. The van der Waals surface area contributed by atoms with Gasteiger partial charge in [-0.1, -0.05) is 18.9 Å². The van der Waals surface area contributed by atoms with Gasteiger partial charge in [0, 0.05) is 5.69 Å². The van der Waals surface area contributed by atoms with Crippen molar-refractivity contribution in [2.75, 3.05) is 11.9 Å². The second kappa shape index (κ2) is 8.12. The third kappa shape index (κ3) is 4.08. The Kier molecular flexibility index (Phi) is 5.82. The van der Waals surface area contributed by atoms with E-state index in [1.807, 2.05) is 32.0 Å². The van der Waals surface area contributed by atoms with Crippen LogP contribution < -0.4 is 5.32 Å². The van der Waals surface area contributed by atoms with Crippen molar-refractivity contribution in [1.29, 1.82) is 0 Å². The molecule has 3 rings (SSSR count). The molecule has 2 fully saturated rings. The average Bonchev–Trinajstić information content (AvgIpc) is 2.89. The highest BCUT2D eigenvalue weighted by Crippen LogP contribution is 2.38. The van der Waals surface area contributed by atoms with Gasteiger partial charge in [-0.2, -0.15) is 0 Å². The van der Waals surface area contributed by atoms with E-state index in [0.29, 0.717) is 18.5 Å². The van der Waals surface area contributed by atoms with Gasteiger partial charge in [0.15, 0.2) is 6.61 Å². The fourth-order valence-corrected chi connectivity index (χ4v) is 4.18. The Balaban J connectivity index is 1.56. The molecule has 1 saturated carbocycles. The molecule has 1 heterocycles. The number of nitrogens with zero attached hydrogens (tertiary/aromatic N) is 1. The average molecular weight is 386 g/mol. The monoisotopic (exact) mass is 386 g/mol. The molecule has 7 heteroatoms. The molecule has 0 aromatic heterocycles. The lowest BCUT2D eigenvalue weighted by Gasteiger charge is -2.21. The second-order valence-electron chi connectivity index (χ2n) is 7.75. The number of anilines is 1. The van der Waals surface area contributed by atoms with E-state index in [9.17, 15) is 19.2 Å². The Morgan fingerprint density at radius 1 is 1.07 bits per heavy atom. The molecule has 0 radical (unpaired) electrons. The van der Waals surface area contributed by atoms with Crippen LogP contribution in [0.4, 0.5) is 5.69 Å². The van der Waals surface area contributed by atoms with Crippen LogP contribution in [0.15, 0.2) is 18.2 Å². The van der Waals surface area contributed by atoms with Gasteiger partial charge < -0.3 is 10.1 Å². The van der Waals surface area contributed by atoms with Crippen LogP contribution in [0, 0.1) is 25.7 Å². The maximum atomic E-state index is 12.6. The fourth-order valence-electron chi connectivity index (χ4n) is 4.18. The zero-order valence-electron chi connectivity index (χ0n) is 16.5. The van der Waals surface area contributed by atoms with Gasteiger partial charge in [0.05, 0.1) is 11.8 Å². The van der Waals surface area contributed by atoms with E-state index in [1.54, 1.807) is 0 Å². The second-order valence-corrected chi connectivity index (χ2v) is 7.75. The number of ether oxygens (including phenoxy) is 1. The molecule has 28 heavy (non-hydrogen) atoms. The SMILES string of the molecule is Cc1cc(C)cc(NC(=O)COC(=O)[C@H](C)N2C(=O)C3CCCCC3C2=O)c1. The van der Waals surface area contributed by atoms with E-state index in [1.165, 1.54) is 6.92 Å². The summed E-state index contributed by atoms with van der Waals surface area (Å²) in [5.41, 5.74) is 2.64. The summed E-state index contributed by atoms with van der Waals surface area (Å²) >= 11 is 0. The van der Waals surface area contributed by atoms with E-state index >= 15 is 0 Å². The minimum Gasteiger partial charge on any atom is -0.454 e. The van der Waals surface area contributed by atoms with Crippen molar-refractivity contribution in [2.24, 2.45) is 11.8 Å². The summed E-state index contributed by atoms with van der Waals surface area (Å²) < 4.78 is 5.06. The first-order valence-corrected chi connectivity index (χ1v) is 9.69. The van der Waals surface area contributed by atoms with Crippen LogP contribution in [0.2, 0.25) is 0 Å². The van der Waals surface area contributed by atoms with Gasteiger partial charge in [0.2, 0.25) is 11.8 Å². The number of amides is 3. The van der Waals surface area contributed by atoms with E-state index in [2.05, 4.69) is 5.32 Å². The van der Waals surface area contributed by atoms with E-state index in [4.69, 9.17) is 4.74 Å². The number of aryl methyl sites for hydroxylation is 2. The molecule has 3 amide bonds. The Morgan fingerprint density at radius 3 is 2.14 bits per heavy atom. The van der Waals surface area contributed by atoms with Gasteiger partial charge in [-0.25, -0.2) is 4.79 Å². The first-order chi connectivity index (χ1) is 13.3. The van der Waals surface area contributed by atoms with Gasteiger partial charge in [0.25, 0.3) is 5.91 Å². The highest BCUT2D eigenvalue weighted by atomic mass is 16.5. The summed E-state index contributed by atoms with van der Waals surface area (Å²) in [6.45, 7) is 4.84.